The minimum atomic E-state index is -0.0982. The van der Waals surface area contributed by atoms with Crippen molar-refractivity contribution in [2.75, 3.05) is 11.4 Å². The predicted octanol–water partition coefficient (Wildman–Crippen LogP) is 4.01. The van der Waals surface area contributed by atoms with Crippen LogP contribution in [0.15, 0.2) is 59.1 Å². The van der Waals surface area contributed by atoms with Gasteiger partial charge in [0, 0.05) is 22.3 Å². The third-order valence-electron chi connectivity index (χ3n) is 2.85. The van der Waals surface area contributed by atoms with E-state index in [-0.39, 0.29) is 5.91 Å². The van der Waals surface area contributed by atoms with E-state index in [1.807, 2.05) is 42.5 Å². The van der Waals surface area contributed by atoms with Crippen LogP contribution in [0.5, 0.6) is 0 Å². The average molecular weight is 329 g/mol. The van der Waals surface area contributed by atoms with Gasteiger partial charge in [0.05, 0.1) is 12.5 Å². The van der Waals surface area contributed by atoms with Gasteiger partial charge in [-0.2, -0.15) is 5.26 Å². The molecule has 2 rings (SSSR count). The zero-order valence-corrected chi connectivity index (χ0v) is 12.4. The second-order valence-corrected chi connectivity index (χ2v) is 5.12. The fourth-order valence-electron chi connectivity index (χ4n) is 1.87. The Labute approximate surface area is 126 Å². The van der Waals surface area contributed by atoms with Crippen molar-refractivity contribution in [3.05, 3.63) is 64.6 Å². The van der Waals surface area contributed by atoms with Gasteiger partial charge in [-0.25, -0.2) is 0 Å². The highest BCUT2D eigenvalue weighted by molar-refractivity contribution is 9.10. The molecule has 0 aliphatic rings. The van der Waals surface area contributed by atoms with Crippen molar-refractivity contribution in [2.45, 2.75) is 6.42 Å². The van der Waals surface area contributed by atoms with Gasteiger partial charge < -0.3 is 4.90 Å². The number of amides is 1. The van der Waals surface area contributed by atoms with Gasteiger partial charge >= 0.3 is 0 Å². The predicted molar refractivity (Wildman–Crippen MR) is 82.5 cm³/mol. The summed E-state index contributed by atoms with van der Waals surface area (Å²) in [5.41, 5.74) is 1.41. The summed E-state index contributed by atoms with van der Waals surface area (Å²) in [5, 5.41) is 8.76. The van der Waals surface area contributed by atoms with Crippen LogP contribution in [0.1, 0.15) is 16.8 Å². The highest BCUT2D eigenvalue weighted by atomic mass is 79.9. The number of rotatable bonds is 4. The smallest absolute Gasteiger partial charge is 0.258 e. The monoisotopic (exact) mass is 328 g/mol. The zero-order valence-electron chi connectivity index (χ0n) is 10.8. The van der Waals surface area contributed by atoms with Crippen LogP contribution < -0.4 is 4.90 Å². The van der Waals surface area contributed by atoms with E-state index in [4.69, 9.17) is 5.26 Å². The number of benzene rings is 2. The highest BCUT2D eigenvalue weighted by Crippen LogP contribution is 2.18. The number of hydrogen-bond donors (Lipinski definition) is 0. The molecule has 0 aliphatic heterocycles. The Morgan fingerprint density at radius 3 is 2.35 bits per heavy atom. The van der Waals surface area contributed by atoms with Crippen molar-refractivity contribution in [3.8, 4) is 6.07 Å². The summed E-state index contributed by atoms with van der Waals surface area (Å²) in [7, 11) is 0. The fraction of sp³-hybridized carbons (Fsp3) is 0.125. The Balaban J connectivity index is 2.29. The fourth-order valence-corrected chi connectivity index (χ4v) is 2.13. The molecule has 2 aromatic carbocycles. The molecule has 1 amide bonds. The summed E-state index contributed by atoms with van der Waals surface area (Å²) in [5.74, 6) is -0.0982. The Hall–Kier alpha value is -2.12. The van der Waals surface area contributed by atoms with Crippen LogP contribution >= 0.6 is 15.9 Å². The van der Waals surface area contributed by atoms with E-state index in [2.05, 4.69) is 22.0 Å². The van der Waals surface area contributed by atoms with Crippen molar-refractivity contribution in [2.24, 2.45) is 0 Å². The molecule has 0 bridgehead atoms. The molecule has 100 valence electrons. The maximum absolute atomic E-state index is 12.6. The first kappa shape index (κ1) is 14.3. The summed E-state index contributed by atoms with van der Waals surface area (Å²) in [4.78, 5) is 14.2. The normalized spacial score (nSPS) is 9.80. The lowest BCUT2D eigenvalue weighted by Crippen LogP contribution is -2.31. The first-order chi connectivity index (χ1) is 9.72. The van der Waals surface area contributed by atoms with E-state index >= 15 is 0 Å². The van der Waals surface area contributed by atoms with Crippen LogP contribution in [-0.4, -0.2) is 12.5 Å². The van der Waals surface area contributed by atoms with E-state index < -0.39 is 0 Å². The number of carbonyl (C=O) groups is 1. The van der Waals surface area contributed by atoms with Crippen molar-refractivity contribution in [1.29, 1.82) is 5.26 Å². The molecule has 0 saturated heterocycles. The molecule has 0 aromatic heterocycles. The maximum atomic E-state index is 12.6. The maximum Gasteiger partial charge on any atom is 0.258 e. The minimum Gasteiger partial charge on any atom is -0.307 e. The van der Waals surface area contributed by atoms with Crippen LogP contribution in [0, 0.1) is 11.3 Å². The molecule has 20 heavy (non-hydrogen) atoms. The van der Waals surface area contributed by atoms with Crippen LogP contribution in [0.3, 0.4) is 0 Å². The molecule has 0 saturated carbocycles. The molecule has 0 atom stereocenters. The second-order valence-electron chi connectivity index (χ2n) is 4.21. The lowest BCUT2D eigenvalue weighted by atomic mass is 10.1. The summed E-state index contributed by atoms with van der Waals surface area (Å²) < 4.78 is 0.928. The third kappa shape index (κ3) is 3.46. The third-order valence-corrected chi connectivity index (χ3v) is 3.38. The zero-order chi connectivity index (χ0) is 14.4. The summed E-state index contributed by atoms with van der Waals surface area (Å²) in [6, 6.07) is 18.7. The van der Waals surface area contributed by atoms with E-state index in [9.17, 15) is 4.79 Å². The number of hydrogen-bond acceptors (Lipinski definition) is 2. The van der Waals surface area contributed by atoms with Crippen molar-refractivity contribution in [1.82, 2.24) is 0 Å². The number of nitriles is 1. The molecule has 3 nitrogen and oxygen atoms in total. The Morgan fingerprint density at radius 1 is 1.10 bits per heavy atom. The van der Waals surface area contributed by atoms with Gasteiger partial charge in [0.2, 0.25) is 0 Å². The van der Waals surface area contributed by atoms with E-state index in [0.29, 0.717) is 18.5 Å². The molecular formula is C16H13BrN2O. The lowest BCUT2D eigenvalue weighted by Gasteiger charge is -2.21. The van der Waals surface area contributed by atoms with Crippen molar-refractivity contribution < 1.29 is 4.79 Å². The van der Waals surface area contributed by atoms with E-state index in [1.165, 1.54) is 0 Å². The minimum absolute atomic E-state index is 0.0982. The Bertz CT molecular complexity index is 617. The molecule has 0 heterocycles. The topological polar surface area (TPSA) is 44.1 Å². The van der Waals surface area contributed by atoms with Crippen molar-refractivity contribution >= 4 is 27.5 Å². The first-order valence-corrected chi connectivity index (χ1v) is 7.01. The quantitative estimate of drug-likeness (QED) is 0.851. The molecule has 0 spiro atoms. The van der Waals surface area contributed by atoms with Crippen LogP contribution in [0.4, 0.5) is 5.69 Å². The van der Waals surface area contributed by atoms with E-state index in [1.54, 1.807) is 17.0 Å². The average Bonchev–Trinajstić information content (AvgIpc) is 2.49. The first-order valence-electron chi connectivity index (χ1n) is 6.22. The van der Waals surface area contributed by atoms with Crippen molar-refractivity contribution in [3.63, 3.8) is 0 Å². The number of halogens is 1. The molecule has 0 unspecified atom stereocenters. The summed E-state index contributed by atoms with van der Waals surface area (Å²) in [6.45, 7) is 0.384. The lowest BCUT2D eigenvalue weighted by molar-refractivity contribution is 0.0987. The van der Waals surface area contributed by atoms with E-state index in [0.717, 1.165) is 10.2 Å². The SMILES string of the molecule is N#CCCN(C(=O)c1ccc(Br)cc1)c1ccccc1. The highest BCUT2D eigenvalue weighted by Gasteiger charge is 2.16. The number of para-hydroxylation sites is 1. The van der Waals surface area contributed by atoms with Gasteiger partial charge in [0.1, 0.15) is 0 Å². The molecule has 0 radical (unpaired) electrons. The Kier molecular flexibility index (Phi) is 4.91. The van der Waals surface area contributed by atoms with Crippen LogP contribution in [-0.2, 0) is 0 Å². The molecule has 4 heteroatoms. The molecule has 2 aromatic rings. The van der Waals surface area contributed by atoms with Gasteiger partial charge in [-0.15, -0.1) is 0 Å². The number of nitrogens with zero attached hydrogens (tertiary/aromatic N) is 2. The molecule has 0 fully saturated rings. The summed E-state index contributed by atoms with van der Waals surface area (Å²) in [6.07, 6.45) is 0.303. The van der Waals surface area contributed by atoms with Crippen LogP contribution in [0.25, 0.3) is 0 Å². The van der Waals surface area contributed by atoms with Gasteiger partial charge in [-0.05, 0) is 36.4 Å². The number of carbonyl (C=O) groups excluding carboxylic acids is 1. The Morgan fingerprint density at radius 2 is 1.75 bits per heavy atom. The summed E-state index contributed by atoms with van der Waals surface area (Å²) >= 11 is 3.35. The van der Waals surface area contributed by atoms with Crippen LogP contribution in [0.2, 0.25) is 0 Å². The van der Waals surface area contributed by atoms with Gasteiger partial charge in [0.15, 0.2) is 0 Å². The second kappa shape index (κ2) is 6.88. The molecular weight excluding hydrogens is 316 g/mol. The standard InChI is InChI=1S/C16H13BrN2O/c17-14-9-7-13(8-10-14)16(20)19(12-4-11-18)15-5-2-1-3-6-15/h1-3,5-10H,4,12H2. The van der Waals surface area contributed by atoms with Gasteiger partial charge in [-0.1, -0.05) is 34.1 Å². The van der Waals surface area contributed by atoms with Gasteiger partial charge in [-0.3, -0.25) is 4.79 Å². The molecule has 0 aliphatic carbocycles. The van der Waals surface area contributed by atoms with Gasteiger partial charge in [0.25, 0.3) is 5.91 Å². The largest absolute Gasteiger partial charge is 0.307 e. The number of anilines is 1. The molecule has 0 N–H and O–H groups in total.